The second-order valence-corrected chi connectivity index (χ2v) is 4.53. The van der Waals surface area contributed by atoms with Crippen LogP contribution in [0.1, 0.15) is 17.2 Å². The summed E-state index contributed by atoms with van der Waals surface area (Å²) in [6.45, 7) is -0.0917. The molecule has 0 spiro atoms. The van der Waals surface area contributed by atoms with Crippen LogP contribution in [-0.4, -0.2) is 22.9 Å². The van der Waals surface area contributed by atoms with Gasteiger partial charge < -0.3 is 20.3 Å². The van der Waals surface area contributed by atoms with Crippen molar-refractivity contribution in [2.75, 3.05) is 6.61 Å². The van der Waals surface area contributed by atoms with Crippen LogP contribution in [0.4, 0.5) is 4.79 Å². The lowest BCUT2D eigenvalue weighted by Gasteiger charge is -2.16. The minimum absolute atomic E-state index is 0.127. The highest BCUT2D eigenvalue weighted by Crippen LogP contribution is 2.16. The second kappa shape index (κ2) is 7.31. The molecule has 0 saturated carbocycles. The van der Waals surface area contributed by atoms with Gasteiger partial charge in [0.25, 0.3) is 0 Å². The number of aliphatic hydroxyl groups is 1. The van der Waals surface area contributed by atoms with Gasteiger partial charge in [-0.25, -0.2) is 4.79 Å². The van der Waals surface area contributed by atoms with Gasteiger partial charge >= 0.3 is 6.09 Å². The summed E-state index contributed by atoms with van der Waals surface area (Å²) >= 11 is 0. The molecule has 2 aromatic carbocycles. The van der Waals surface area contributed by atoms with Gasteiger partial charge in [0.05, 0.1) is 12.6 Å². The molecule has 5 heteroatoms. The van der Waals surface area contributed by atoms with Crippen LogP contribution >= 0.6 is 0 Å². The summed E-state index contributed by atoms with van der Waals surface area (Å²) in [4.78, 5) is 11.7. The maximum atomic E-state index is 11.7. The first kappa shape index (κ1) is 14.9. The number of nitrogens with one attached hydrogen (secondary N) is 1. The molecule has 1 amide bonds. The van der Waals surface area contributed by atoms with Crippen molar-refractivity contribution in [3.05, 3.63) is 65.7 Å². The predicted molar refractivity (Wildman–Crippen MR) is 77.7 cm³/mol. The third kappa shape index (κ3) is 4.50. The Bertz CT molecular complexity index is 569. The van der Waals surface area contributed by atoms with Crippen LogP contribution in [0.5, 0.6) is 5.75 Å². The predicted octanol–water partition coefficient (Wildman–Crippen LogP) is 2.35. The molecule has 5 nitrogen and oxygen atoms in total. The van der Waals surface area contributed by atoms with Gasteiger partial charge in [-0.15, -0.1) is 0 Å². The number of ether oxygens (including phenoxy) is 1. The first-order chi connectivity index (χ1) is 10.2. The summed E-state index contributed by atoms with van der Waals surface area (Å²) in [6.07, 6.45) is -0.606. The van der Waals surface area contributed by atoms with E-state index >= 15 is 0 Å². The number of carbonyl (C=O) groups is 1. The first-order valence-corrected chi connectivity index (χ1v) is 6.56. The Balaban J connectivity index is 1.89. The number of rotatable bonds is 5. The van der Waals surface area contributed by atoms with Gasteiger partial charge in [-0.1, -0.05) is 42.5 Å². The van der Waals surface area contributed by atoms with E-state index in [-0.39, 0.29) is 19.0 Å². The van der Waals surface area contributed by atoms with E-state index in [0.29, 0.717) is 5.56 Å². The zero-order valence-electron chi connectivity index (χ0n) is 11.4. The fourth-order valence-electron chi connectivity index (χ4n) is 1.85. The van der Waals surface area contributed by atoms with E-state index in [1.54, 1.807) is 12.1 Å². The molecule has 0 aliphatic carbocycles. The van der Waals surface area contributed by atoms with Gasteiger partial charge in [0.15, 0.2) is 0 Å². The van der Waals surface area contributed by atoms with Crippen LogP contribution < -0.4 is 5.32 Å². The first-order valence-electron chi connectivity index (χ1n) is 6.56. The topological polar surface area (TPSA) is 78.8 Å². The molecule has 0 radical (unpaired) electrons. The molecule has 0 saturated heterocycles. The van der Waals surface area contributed by atoms with Crippen molar-refractivity contribution in [1.82, 2.24) is 5.32 Å². The molecular weight excluding hydrogens is 270 g/mol. The second-order valence-electron chi connectivity index (χ2n) is 4.53. The Kier molecular flexibility index (Phi) is 5.17. The molecule has 0 aromatic heterocycles. The number of benzene rings is 2. The largest absolute Gasteiger partial charge is 0.508 e. The maximum Gasteiger partial charge on any atom is 0.408 e. The third-order valence-electron chi connectivity index (χ3n) is 2.98. The Morgan fingerprint density at radius 1 is 1.10 bits per heavy atom. The highest BCUT2D eigenvalue weighted by molar-refractivity contribution is 5.68. The molecule has 2 rings (SSSR count). The van der Waals surface area contributed by atoms with Crippen LogP contribution in [0.3, 0.4) is 0 Å². The Morgan fingerprint density at radius 2 is 1.76 bits per heavy atom. The molecule has 0 fully saturated rings. The minimum atomic E-state index is -0.606. The van der Waals surface area contributed by atoms with Crippen molar-refractivity contribution >= 4 is 6.09 Å². The highest BCUT2D eigenvalue weighted by atomic mass is 16.5. The number of aromatic hydroxyl groups is 1. The summed E-state index contributed by atoms with van der Waals surface area (Å²) in [6, 6.07) is 15.0. The number of alkyl carbamates (subject to hydrolysis) is 1. The minimum Gasteiger partial charge on any atom is -0.508 e. The fraction of sp³-hybridized carbons (Fsp3) is 0.188. The van der Waals surface area contributed by atoms with E-state index in [4.69, 9.17) is 4.74 Å². The molecule has 21 heavy (non-hydrogen) atoms. The van der Waals surface area contributed by atoms with Gasteiger partial charge in [-0.05, 0) is 23.3 Å². The van der Waals surface area contributed by atoms with Crippen LogP contribution in [0.2, 0.25) is 0 Å². The highest BCUT2D eigenvalue weighted by Gasteiger charge is 2.14. The lowest BCUT2D eigenvalue weighted by atomic mass is 10.1. The molecule has 2 aromatic rings. The van der Waals surface area contributed by atoms with Gasteiger partial charge in [-0.3, -0.25) is 0 Å². The van der Waals surface area contributed by atoms with Gasteiger partial charge in [-0.2, -0.15) is 0 Å². The standard InChI is InChI=1S/C16H17NO4/c18-10-15(13-6-8-14(19)9-7-13)17-16(20)21-11-12-4-2-1-3-5-12/h1-9,15,18-19H,10-11H2,(H,17,20)/t15-/m0/s1. The van der Waals surface area contributed by atoms with Crippen molar-refractivity contribution in [3.63, 3.8) is 0 Å². The molecular formula is C16H17NO4. The normalized spacial score (nSPS) is 11.7. The molecule has 0 aliphatic heterocycles. The maximum absolute atomic E-state index is 11.7. The van der Waals surface area contributed by atoms with Crippen LogP contribution in [0.25, 0.3) is 0 Å². The monoisotopic (exact) mass is 287 g/mol. The van der Waals surface area contributed by atoms with Crippen LogP contribution in [-0.2, 0) is 11.3 Å². The average Bonchev–Trinajstić information content (AvgIpc) is 2.52. The van der Waals surface area contributed by atoms with Crippen molar-refractivity contribution in [1.29, 1.82) is 0 Å². The summed E-state index contributed by atoms with van der Waals surface area (Å²) in [5.74, 6) is 0.127. The van der Waals surface area contributed by atoms with Gasteiger partial charge in [0, 0.05) is 0 Å². The smallest absolute Gasteiger partial charge is 0.408 e. The summed E-state index contributed by atoms with van der Waals surface area (Å²) in [5, 5.41) is 21.2. The van der Waals surface area contributed by atoms with E-state index in [1.807, 2.05) is 30.3 Å². The Labute approximate surface area is 122 Å². The number of phenols is 1. The number of phenolic OH excluding ortho intramolecular Hbond substituents is 1. The summed E-state index contributed by atoms with van der Waals surface area (Å²) in [7, 11) is 0. The SMILES string of the molecule is O=C(N[C@@H](CO)c1ccc(O)cc1)OCc1ccccc1. The lowest BCUT2D eigenvalue weighted by Crippen LogP contribution is -2.31. The van der Waals surface area contributed by atoms with E-state index in [1.165, 1.54) is 12.1 Å². The zero-order chi connectivity index (χ0) is 15.1. The molecule has 0 bridgehead atoms. The van der Waals surface area contributed by atoms with Crippen LogP contribution in [0, 0.1) is 0 Å². The van der Waals surface area contributed by atoms with Gasteiger partial charge in [0.1, 0.15) is 12.4 Å². The van der Waals surface area contributed by atoms with Gasteiger partial charge in [0.2, 0.25) is 0 Å². The number of carbonyl (C=O) groups excluding carboxylic acids is 1. The number of hydrogen-bond donors (Lipinski definition) is 3. The number of aliphatic hydroxyl groups excluding tert-OH is 1. The lowest BCUT2D eigenvalue weighted by molar-refractivity contribution is 0.129. The van der Waals surface area contributed by atoms with Crippen molar-refractivity contribution in [2.24, 2.45) is 0 Å². The van der Waals surface area contributed by atoms with E-state index in [9.17, 15) is 15.0 Å². The Hall–Kier alpha value is -2.53. The van der Waals surface area contributed by atoms with Crippen LogP contribution in [0.15, 0.2) is 54.6 Å². The average molecular weight is 287 g/mol. The molecule has 1 atom stereocenters. The molecule has 110 valence electrons. The van der Waals surface area contributed by atoms with Crippen molar-refractivity contribution in [3.8, 4) is 5.75 Å². The fourth-order valence-corrected chi connectivity index (χ4v) is 1.85. The van der Waals surface area contributed by atoms with E-state index < -0.39 is 12.1 Å². The summed E-state index contributed by atoms with van der Waals surface area (Å²) < 4.78 is 5.10. The molecule has 0 heterocycles. The zero-order valence-corrected chi connectivity index (χ0v) is 11.4. The van der Waals surface area contributed by atoms with Crippen molar-refractivity contribution < 1.29 is 19.7 Å². The van der Waals surface area contributed by atoms with E-state index in [2.05, 4.69) is 5.32 Å². The number of amides is 1. The molecule has 0 aliphatic rings. The van der Waals surface area contributed by atoms with Crippen molar-refractivity contribution in [2.45, 2.75) is 12.6 Å². The molecule has 0 unspecified atom stereocenters. The Morgan fingerprint density at radius 3 is 2.38 bits per heavy atom. The molecule has 3 N–H and O–H groups in total. The van der Waals surface area contributed by atoms with E-state index in [0.717, 1.165) is 5.56 Å². The number of hydrogen-bond acceptors (Lipinski definition) is 4. The quantitative estimate of drug-likeness (QED) is 0.788. The third-order valence-corrected chi connectivity index (χ3v) is 2.98. The summed E-state index contributed by atoms with van der Waals surface area (Å²) in [5.41, 5.74) is 1.57.